The Morgan fingerprint density at radius 3 is 2.67 bits per heavy atom. The third kappa shape index (κ3) is 6.03. The molecule has 212 valence electrons. The number of aromatic nitrogens is 3. The van der Waals surface area contributed by atoms with Crippen LogP contribution in [0.3, 0.4) is 0 Å². The number of hydrogen-bond acceptors (Lipinski definition) is 7. The zero-order valence-corrected chi connectivity index (χ0v) is 26.7. The van der Waals surface area contributed by atoms with E-state index in [9.17, 15) is 4.79 Å². The van der Waals surface area contributed by atoms with E-state index in [1.54, 1.807) is 23.9 Å². The largest absolute Gasteiger partial charge is 0.490 e. The van der Waals surface area contributed by atoms with Gasteiger partial charge < -0.3 is 14.8 Å². The number of ketones is 1. The minimum atomic E-state index is -0.446. The van der Waals surface area contributed by atoms with Crippen LogP contribution in [-0.2, 0) is 11.4 Å². The van der Waals surface area contributed by atoms with E-state index in [2.05, 4.69) is 42.0 Å². The summed E-state index contributed by atoms with van der Waals surface area (Å²) < 4.78 is 14.8. The lowest BCUT2D eigenvalue weighted by Gasteiger charge is -2.38. The number of anilines is 1. The van der Waals surface area contributed by atoms with E-state index in [-0.39, 0.29) is 17.8 Å². The van der Waals surface area contributed by atoms with Gasteiger partial charge >= 0.3 is 0 Å². The van der Waals surface area contributed by atoms with Gasteiger partial charge in [-0.3, -0.25) is 4.79 Å². The molecule has 40 heavy (non-hydrogen) atoms. The molecule has 0 spiro atoms. The number of carbonyl (C=O) groups excluding carboxylic acids is 1. The Kier molecular flexibility index (Phi) is 8.76. The van der Waals surface area contributed by atoms with Gasteiger partial charge in [-0.05, 0) is 76.5 Å². The van der Waals surface area contributed by atoms with Crippen molar-refractivity contribution >= 4 is 62.6 Å². The molecule has 2 aromatic carbocycles. The number of allylic oxidation sites excluding steroid dienone is 2. The van der Waals surface area contributed by atoms with Gasteiger partial charge in [-0.1, -0.05) is 61.8 Å². The molecule has 7 nitrogen and oxygen atoms in total. The van der Waals surface area contributed by atoms with E-state index in [0.29, 0.717) is 50.1 Å². The summed E-state index contributed by atoms with van der Waals surface area (Å²) in [4.78, 5) is 18.4. The zero-order valence-electron chi connectivity index (χ0n) is 22.8. The molecular formula is C29H31BrCl2N4O3S. The zero-order chi connectivity index (χ0) is 28.6. The van der Waals surface area contributed by atoms with Crippen LogP contribution in [0.1, 0.15) is 64.1 Å². The van der Waals surface area contributed by atoms with Crippen LogP contribution < -0.4 is 14.8 Å². The molecule has 2 aliphatic rings. The second-order valence-electron chi connectivity index (χ2n) is 10.7. The molecule has 0 saturated heterocycles. The molecule has 5 rings (SSSR count). The van der Waals surface area contributed by atoms with Gasteiger partial charge in [-0.25, -0.2) is 4.68 Å². The van der Waals surface area contributed by atoms with Gasteiger partial charge in [0.1, 0.15) is 12.6 Å². The highest BCUT2D eigenvalue weighted by atomic mass is 79.9. The first-order valence-electron chi connectivity index (χ1n) is 13.3. The summed E-state index contributed by atoms with van der Waals surface area (Å²) in [6, 6.07) is 8.87. The first kappa shape index (κ1) is 29.3. The van der Waals surface area contributed by atoms with Gasteiger partial charge in [-0.2, -0.15) is 4.98 Å². The Balaban J connectivity index is 1.57. The van der Waals surface area contributed by atoms with E-state index in [4.69, 9.17) is 42.8 Å². The molecule has 3 aromatic rings. The van der Waals surface area contributed by atoms with Crippen LogP contribution in [0, 0.1) is 5.41 Å². The standard InChI is InChI=1S/C29H31BrCl2N4O3S/c1-5-9-40-28-34-27-33-21-13-29(3,4)14-22(37)24(21)25(36(27)35-28)17-11-18(30)26(23(12-17)38-6-2)39-15-16-7-8-19(31)20(32)10-16/h7-8,10-12,25H,5-6,9,13-15H2,1-4H3,(H,33,34,35). The van der Waals surface area contributed by atoms with Gasteiger partial charge in [0.15, 0.2) is 17.3 Å². The summed E-state index contributed by atoms with van der Waals surface area (Å²) in [5, 5.41) is 9.93. The molecule has 2 heterocycles. The lowest BCUT2D eigenvalue weighted by Crippen LogP contribution is -2.36. The van der Waals surface area contributed by atoms with Crippen molar-refractivity contribution in [3.05, 3.63) is 67.2 Å². The van der Waals surface area contributed by atoms with Crippen LogP contribution >= 0.6 is 50.9 Å². The van der Waals surface area contributed by atoms with Crippen LogP contribution in [0.5, 0.6) is 11.5 Å². The van der Waals surface area contributed by atoms with Gasteiger partial charge in [0, 0.05) is 23.4 Å². The average Bonchev–Trinajstić information content (AvgIpc) is 3.29. The number of nitrogens with zero attached hydrogens (tertiary/aromatic N) is 3. The summed E-state index contributed by atoms with van der Waals surface area (Å²) in [7, 11) is 0. The summed E-state index contributed by atoms with van der Waals surface area (Å²) >= 11 is 17.6. The van der Waals surface area contributed by atoms with E-state index >= 15 is 0 Å². The van der Waals surface area contributed by atoms with Crippen LogP contribution in [0.25, 0.3) is 0 Å². The third-order valence-corrected chi connectivity index (χ3v) is 9.13. The molecule has 1 aliphatic carbocycles. The minimum absolute atomic E-state index is 0.113. The Bertz CT molecular complexity index is 1490. The van der Waals surface area contributed by atoms with Gasteiger partial charge in [0.2, 0.25) is 11.1 Å². The Morgan fingerprint density at radius 2 is 1.95 bits per heavy atom. The number of ether oxygens (including phenoxy) is 2. The molecule has 0 amide bonds. The maximum absolute atomic E-state index is 13.6. The highest BCUT2D eigenvalue weighted by molar-refractivity contribution is 9.10. The van der Waals surface area contributed by atoms with E-state index in [0.717, 1.165) is 41.0 Å². The number of carbonyl (C=O) groups is 1. The molecule has 0 fully saturated rings. The molecule has 1 aliphatic heterocycles. The van der Waals surface area contributed by atoms with Crippen molar-refractivity contribution in [3.8, 4) is 11.5 Å². The van der Waals surface area contributed by atoms with Crippen molar-refractivity contribution in [2.24, 2.45) is 5.41 Å². The van der Waals surface area contributed by atoms with Crippen molar-refractivity contribution < 1.29 is 14.3 Å². The normalized spacial score (nSPS) is 17.8. The fourth-order valence-electron chi connectivity index (χ4n) is 5.09. The Labute approximate surface area is 257 Å². The van der Waals surface area contributed by atoms with Crippen molar-refractivity contribution in [1.29, 1.82) is 0 Å². The molecule has 1 aromatic heterocycles. The average molecular weight is 666 g/mol. The fraction of sp³-hybridized carbons (Fsp3) is 0.414. The lowest BCUT2D eigenvalue weighted by molar-refractivity contribution is -0.118. The number of thioether (sulfide) groups is 1. The molecule has 0 radical (unpaired) electrons. The molecule has 0 saturated carbocycles. The topological polar surface area (TPSA) is 78.3 Å². The lowest BCUT2D eigenvalue weighted by atomic mass is 9.73. The van der Waals surface area contributed by atoms with E-state index in [1.807, 2.05) is 29.8 Å². The van der Waals surface area contributed by atoms with Gasteiger partial charge in [0.05, 0.1) is 21.1 Å². The molecular weight excluding hydrogens is 635 g/mol. The summed E-state index contributed by atoms with van der Waals surface area (Å²) in [6.07, 6.45) is 2.23. The number of rotatable bonds is 9. The van der Waals surface area contributed by atoms with E-state index in [1.165, 1.54) is 0 Å². The second-order valence-corrected chi connectivity index (χ2v) is 13.4. The van der Waals surface area contributed by atoms with Crippen molar-refractivity contribution in [2.75, 3.05) is 17.7 Å². The van der Waals surface area contributed by atoms with Crippen LogP contribution in [0.15, 0.2) is 51.2 Å². The highest BCUT2D eigenvalue weighted by Gasteiger charge is 2.42. The number of hydrogen-bond donors (Lipinski definition) is 1. The number of Topliss-reactive ketones (excluding diaryl/α,β-unsaturated/α-hetero) is 1. The first-order valence-corrected chi connectivity index (χ1v) is 15.8. The minimum Gasteiger partial charge on any atom is -0.490 e. The van der Waals surface area contributed by atoms with Gasteiger partial charge in [0.25, 0.3) is 0 Å². The predicted octanol–water partition coefficient (Wildman–Crippen LogP) is 8.49. The van der Waals surface area contributed by atoms with Crippen molar-refractivity contribution in [1.82, 2.24) is 14.8 Å². The SMILES string of the molecule is CCCSc1nc2n(n1)C(c1cc(Br)c(OCc3ccc(Cl)c(Cl)c3)c(OCC)c1)C1=C(CC(C)(C)CC1=O)N2. The number of nitrogens with one attached hydrogen (secondary N) is 1. The summed E-state index contributed by atoms with van der Waals surface area (Å²) in [5.74, 6) is 2.80. The highest BCUT2D eigenvalue weighted by Crippen LogP contribution is 2.48. The summed E-state index contributed by atoms with van der Waals surface area (Å²) in [6.45, 7) is 9.01. The number of fused-ring (bicyclic) bond motifs is 1. The van der Waals surface area contributed by atoms with Crippen LogP contribution in [-0.4, -0.2) is 32.9 Å². The monoisotopic (exact) mass is 664 g/mol. The first-order chi connectivity index (χ1) is 19.1. The van der Waals surface area contributed by atoms with E-state index < -0.39 is 6.04 Å². The molecule has 1 atom stereocenters. The maximum atomic E-state index is 13.6. The molecule has 0 bridgehead atoms. The smallest absolute Gasteiger partial charge is 0.227 e. The molecule has 1 N–H and O–H groups in total. The molecule has 1 unspecified atom stereocenters. The maximum Gasteiger partial charge on any atom is 0.227 e. The number of halogens is 3. The van der Waals surface area contributed by atoms with Crippen molar-refractivity contribution in [2.45, 2.75) is 64.8 Å². The van der Waals surface area contributed by atoms with Gasteiger partial charge in [-0.15, -0.1) is 5.10 Å². The second kappa shape index (κ2) is 12.0. The Morgan fingerprint density at radius 1 is 1.15 bits per heavy atom. The quantitative estimate of drug-likeness (QED) is 0.230. The number of benzene rings is 2. The van der Waals surface area contributed by atoms with Crippen LogP contribution in [0.4, 0.5) is 5.95 Å². The molecule has 11 heteroatoms. The Hall–Kier alpha value is -2.20. The summed E-state index contributed by atoms with van der Waals surface area (Å²) in [5.41, 5.74) is 3.22. The predicted molar refractivity (Wildman–Crippen MR) is 164 cm³/mol. The van der Waals surface area contributed by atoms with Crippen molar-refractivity contribution in [3.63, 3.8) is 0 Å². The third-order valence-electron chi connectivity index (χ3n) is 6.76. The fourth-order valence-corrected chi connectivity index (χ4v) is 6.66. The van der Waals surface area contributed by atoms with Crippen LogP contribution in [0.2, 0.25) is 10.0 Å².